The van der Waals surface area contributed by atoms with Crippen molar-refractivity contribution in [2.45, 2.75) is 19.5 Å². The van der Waals surface area contributed by atoms with E-state index in [2.05, 4.69) is 5.32 Å². The zero-order chi connectivity index (χ0) is 15.4. The molecule has 0 bridgehead atoms. The molecule has 2 aromatic carbocycles. The average molecular weight is 328 g/mol. The molecule has 0 saturated carbocycles. The van der Waals surface area contributed by atoms with Crippen LogP contribution in [0.15, 0.2) is 36.4 Å². The summed E-state index contributed by atoms with van der Waals surface area (Å²) in [5.74, 6) is 0.355. The highest BCUT2D eigenvalue weighted by Crippen LogP contribution is 2.27. The molecule has 0 fully saturated rings. The summed E-state index contributed by atoms with van der Waals surface area (Å²) in [7, 11) is 1.57. The van der Waals surface area contributed by atoms with Gasteiger partial charge in [-0.05, 0) is 48.9 Å². The maximum absolute atomic E-state index is 13.4. The minimum Gasteiger partial charge on any atom is -0.496 e. The van der Waals surface area contributed by atoms with Crippen LogP contribution in [-0.2, 0) is 6.54 Å². The van der Waals surface area contributed by atoms with Crippen LogP contribution < -0.4 is 10.1 Å². The first-order valence-electron chi connectivity index (χ1n) is 6.52. The highest BCUT2D eigenvalue weighted by Gasteiger charge is 2.13. The van der Waals surface area contributed by atoms with Gasteiger partial charge in [0.05, 0.1) is 7.11 Å². The molecule has 2 aromatic rings. The van der Waals surface area contributed by atoms with Crippen LogP contribution in [0.5, 0.6) is 5.75 Å². The third-order valence-corrected chi connectivity index (χ3v) is 3.87. The van der Waals surface area contributed by atoms with Crippen LogP contribution >= 0.6 is 23.2 Å². The first-order valence-corrected chi connectivity index (χ1v) is 7.27. The summed E-state index contributed by atoms with van der Waals surface area (Å²) in [6.07, 6.45) is 0. The Morgan fingerprint density at radius 2 is 1.95 bits per heavy atom. The summed E-state index contributed by atoms with van der Waals surface area (Å²) in [5, 5.41) is 4.57. The molecule has 0 saturated heterocycles. The van der Waals surface area contributed by atoms with Crippen molar-refractivity contribution in [3.63, 3.8) is 0 Å². The second-order valence-corrected chi connectivity index (χ2v) is 5.57. The topological polar surface area (TPSA) is 21.3 Å². The molecule has 1 atom stereocenters. The van der Waals surface area contributed by atoms with Crippen molar-refractivity contribution in [2.24, 2.45) is 0 Å². The number of hydrogen-bond donors (Lipinski definition) is 1. The second kappa shape index (κ2) is 7.12. The van der Waals surface area contributed by atoms with Gasteiger partial charge in [-0.25, -0.2) is 4.39 Å². The molecule has 0 aromatic heterocycles. The van der Waals surface area contributed by atoms with Gasteiger partial charge in [-0.3, -0.25) is 0 Å². The Hall–Kier alpha value is -1.29. The summed E-state index contributed by atoms with van der Waals surface area (Å²) >= 11 is 12.1. The first kappa shape index (κ1) is 16.1. The Balaban J connectivity index is 2.13. The van der Waals surface area contributed by atoms with Gasteiger partial charge in [0.15, 0.2) is 0 Å². The Bertz CT molecular complexity index is 634. The molecule has 0 spiro atoms. The molecule has 2 rings (SSSR count). The molecular formula is C16H16Cl2FNO. The van der Waals surface area contributed by atoms with Gasteiger partial charge in [-0.2, -0.15) is 0 Å². The summed E-state index contributed by atoms with van der Waals surface area (Å²) < 4.78 is 18.7. The van der Waals surface area contributed by atoms with Gasteiger partial charge in [0, 0.05) is 28.2 Å². The molecule has 0 aliphatic rings. The van der Waals surface area contributed by atoms with Crippen LogP contribution in [0.2, 0.25) is 10.0 Å². The molecule has 5 heteroatoms. The number of rotatable bonds is 5. The predicted octanol–water partition coefficient (Wildman–Crippen LogP) is 4.99. The molecular weight excluding hydrogens is 312 g/mol. The van der Waals surface area contributed by atoms with E-state index in [1.54, 1.807) is 25.3 Å². The number of hydrogen-bond acceptors (Lipinski definition) is 2. The van der Waals surface area contributed by atoms with Crippen molar-refractivity contribution < 1.29 is 9.13 Å². The maximum Gasteiger partial charge on any atom is 0.123 e. The largest absolute Gasteiger partial charge is 0.496 e. The zero-order valence-electron chi connectivity index (χ0n) is 11.8. The smallest absolute Gasteiger partial charge is 0.123 e. The monoisotopic (exact) mass is 327 g/mol. The van der Waals surface area contributed by atoms with Gasteiger partial charge in [-0.1, -0.05) is 23.2 Å². The third kappa shape index (κ3) is 4.10. The van der Waals surface area contributed by atoms with E-state index in [0.29, 0.717) is 22.3 Å². The molecule has 0 amide bonds. The van der Waals surface area contributed by atoms with Gasteiger partial charge in [-0.15, -0.1) is 0 Å². The molecule has 1 N–H and O–H groups in total. The zero-order valence-corrected chi connectivity index (χ0v) is 13.3. The molecule has 21 heavy (non-hydrogen) atoms. The number of ether oxygens (including phenoxy) is 1. The molecule has 0 heterocycles. The lowest BCUT2D eigenvalue weighted by Crippen LogP contribution is -2.19. The first-order chi connectivity index (χ1) is 10.0. The second-order valence-electron chi connectivity index (χ2n) is 4.72. The molecule has 1 unspecified atom stereocenters. The van der Waals surface area contributed by atoms with E-state index in [9.17, 15) is 4.39 Å². The average Bonchev–Trinajstić information content (AvgIpc) is 2.47. The van der Waals surface area contributed by atoms with Crippen LogP contribution in [0.25, 0.3) is 0 Å². The fourth-order valence-corrected chi connectivity index (χ4v) is 2.47. The standard InChI is InChI=1S/C16H16Cl2FNO/c1-10(14-8-13(19)4-6-16(14)21-2)20-9-11-7-12(17)3-5-15(11)18/h3-8,10,20H,9H2,1-2H3. The van der Waals surface area contributed by atoms with E-state index >= 15 is 0 Å². The van der Waals surface area contributed by atoms with Crippen LogP contribution in [0.3, 0.4) is 0 Å². The van der Waals surface area contributed by atoms with E-state index < -0.39 is 0 Å². The maximum atomic E-state index is 13.4. The van der Waals surface area contributed by atoms with Gasteiger partial charge in [0.25, 0.3) is 0 Å². The molecule has 0 aliphatic carbocycles. The highest BCUT2D eigenvalue weighted by atomic mass is 35.5. The molecule has 0 radical (unpaired) electrons. The van der Waals surface area contributed by atoms with E-state index in [1.807, 2.05) is 13.0 Å². The quantitative estimate of drug-likeness (QED) is 0.835. The van der Waals surface area contributed by atoms with Crippen molar-refractivity contribution in [3.05, 3.63) is 63.4 Å². The van der Waals surface area contributed by atoms with E-state index in [-0.39, 0.29) is 11.9 Å². The van der Waals surface area contributed by atoms with Crippen LogP contribution in [-0.4, -0.2) is 7.11 Å². The van der Waals surface area contributed by atoms with Crippen molar-refractivity contribution >= 4 is 23.2 Å². The van der Waals surface area contributed by atoms with Crippen LogP contribution in [0.1, 0.15) is 24.1 Å². The lowest BCUT2D eigenvalue weighted by atomic mass is 10.1. The molecule has 2 nitrogen and oxygen atoms in total. The summed E-state index contributed by atoms with van der Waals surface area (Å²) in [6, 6.07) is 9.69. The normalized spacial score (nSPS) is 12.2. The predicted molar refractivity (Wildman–Crippen MR) is 84.7 cm³/mol. The van der Waals surface area contributed by atoms with Crippen molar-refractivity contribution in [2.75, 3.05) is 7.11 Å². The van der Waals surface area contributed by atoms with Gasteiger partial charge in [0.1, 0.15) is 11.6 Å². The third-order valence-electron chi connectivity index (χ3n) is 3.26. The van der Waals surface area contributed by atoms with Crippen molar-refractivity contribution in [3.8, 4) is 5.75 Å². The Morgan fingerprint density at radius 3 is 2.67 bits per heavy atom. The van der Waals surface area contributed by atoms with Gasteiger partial charge < -0.3 is 10.1 Å². The Kier molecular flexibility index (Phi) is 5.45. The molecule has 0 aliphatic heterocycles. The lowest BCUT2D eigenvalue weighted by Gasteiger charge is -2.18. The van der Waals surface area contributed by atoms with Crippen molar-refractivity contribution in [1.29, 1.82) is 0 Å². The SMILES string of the molecule is COc1ccc(F)cc1C(C)NCc1cc(Cl)ccc1Cl. The number of nitrogens with one attached hydrogen (secondary N) is 1. The number of halogens is 3. The fourth-order valence-electron chi connectivity index (χ4n) is 2.10. The molecule has 112 valence electrons. The summed E-state index contributed by atoms with van der Waals surface area (Å²) in [5.41, 5.74) is 1.65. The van der Waals surface area contributed by atoms with Gasteiger partial charge >= 0.3 is 0 Å². The Morgan fingerprint density at radius 1 is 1.19 bits per heavy atom. The summed E-state index contributed by atoms with van der Waals surface area (Å²) in [6.45, 7) is 2.47. The van der Waals surface area contributed by atoms with E-state index in [1.165, 1.54) is 12.1 Å². The Labute approximate surface area is 133 Å². The van der Waals surface area contributed by atoms with Crippen LogP contribution in [0.4, 0.5) is 4.39 Å². The van der Waals surface area contributed by atoms with E-state index in [0.717, 1.165) is 11.1 Å². The van der Waals surface area contributed by atoms with Gasteiger partial charge in [0.2, 0.25) is 0 Å². The van der Waals surface area contributed by atoms with E-state index in [4.69, 9.17) is 27.9 Å². The number of methoxy groups -OCH3 is 1. The fraction of sp³-hybridized carbons (Fsp3) is 0.250. The summed E-state index contributed by atoms with van der Waals surface area (Å²) in [4.78, 5) is 0. The van der Waals surface area contributed by atoms with Crippen LogP contribution in [0, 0.1) is 5.82 Å². The lowest BCUT2D eigenvalue weighted by molar-refractivity contribution is 0.399. The van der Waals surface area contributed by atoms with Crippen molar-refractivity contribution in [1.82, 2.24) is 5.32 Å². The highest BCUT2D eigenvalue weighted by molar-refractivity contribution is 6.33. The minimum absolute atomic E-state index is 0.0919. The number of benzene rings is 2. The minimum atomic E-state index is -0.291.